The van der Waals surface area contributed by atoms with Crippen LogP contribution in [0.5, 0.6) is 0 Å². The van der Waals surface area contributed by atoms with Gasteiger partial charge in [-0.15, -0.1) is 0 Å². The van der Waals surface area contributed by atoms with E-state index in [-0.39, 0.29) is 0 Å². The molecule has 0 aliphatic carbocycles. The van der Waals surface area contributed by atoms with E-state index in [9.17, 15) is 0 Å². The van der Waals surface area contributed by atoms with Crippen molar-refractivity contribution < 1.29 is 0 Å². The van der Waals surface area contributed by atoms with Crippen LogP contribution in [0.15, 0.2) is 24.7 Å². The fraction of sp³-hybridized carbons (Fsp3) is 0.467. The Hall–Kier alpha value is -1.68. The van der Waals surface area contributed by atoms with Gasteiger partial charge in [0, 0.05) is 43.4 Å². The minimum absolute atomic E-state index is 0.398. The monoisotopic (exact) mass is 258 g/mol. The molecule has 2 aromatic rings. The molecule has 0 aromatic carbocycles. The number of aryl methyl sites for hydroxylation is 3. The van der Waals surface area contributed by atoms with Crippen molar-refractivity contribution >= 4 is 0 Å². The quantitative estimate of drug-likeness (QED) is 0.895. The second-order valence-corrected chi connectivity index (χ2v) is 5.15. The number of rotatable bonds is 5. The van der Waals surface area contributed by atoms with E-state index in [2.05, 4.69) is 39.8 Å². The highest BCUT2D eigenvalue weighted by molar-refractivity contribution is 5.22. The minimum Gasteiger partial charge on any atom is -0.334 e. The van der Waals surface area contributed by atoms with Crippen LogP contribution in [0, 0.1) is 20.8 Å². The number of hydrogen-bond acceptors (Lipinski definition) is 3. The summed E-state index contributed by atoms with van der Waals surface area (Å²) in [5, 5.41) is 3.52. The molecule has 0 bridgehead atoms. The maximum atomic E-state index is 4.39. The first-order valence-corrected chi connectivity index (χ1v) is 6.69. The fourth-order valence-corrected chi connectivity index (χ4v) is 2.05. The van der Waals surface area contributed by atoms with Crippen LogP contribution in [0.25, 0.3) is 0 Å². The first-order valence-electron chi connectivity index (χ1n) is 6.69. The Morgan fingerprint density at radius 2 is 2.05 bits per heavy atom. The van der Waals surface area contributed by atoms with Crippen molar-refractivity contribution in [1.29, 1.82) is 0 Å². The molecule has 0 saturated heterocycles. The molecule has 4 nitrogen and oxygen atoms in total. The summed E-state index contributed by atoms with van der Waals surface area (Å²) in [6, 6.07) is 2.60. The molecule has 0 radical (unpaired) electrons. The zero-order chi connectivity index (χ0) is 13.8. The molecule has 0 amide bonds. The van der Waals surface area contributed by atoms with Crippen LogP contribution in [0.3, 0.4) is 0 Å². The third-order valence-electron chi connectivity index (χ3n) is 3.45. The van der Waals surface area contributed by atoms with Crippen LogP contribution in [0.1, 0.15) is 29.6 Å². The number of imidazole rings is 1. The van der Waals surface area contributed by atoms with E-state index in [0.29, 0.717) is 6.04 Å². The van der Waals surface area contributed by atoms with E-state index in [1.807, 2.05) is 32.4 Å². The topological polar surface area (TPSA) is 42.7 Å². The number of hydrogen-bond donors (Lipinski definition) is 1. The van der Waals surface area contributed by atoms with E-state index in [1.165, 1.54) is 11.1 Å². The van der Waals surface area contributed by atoms with Crippen molar-refractivity contribution in [1.82, 2.24) is 19.9 Å². The second-order valence-electron chi connectivity index (χ2n) is 5.15. The molecule has 1 atom stereocenters. The van der Waals surface area contributed by atoms with Gasteiger partial charge in [-0.1, -0.05) is 6.07 Å². The van der Waals surface area contributed by atoms with Gasteiger partial charge in [-0.3, -0.25) is 4.98 Å². The maximum Gasteiger partial charge on any atom is 0.105 e. The van der Waals surface area contributed by atoms with Gasteiger partial charge >= 0.3 is 0 Å². The average Bonchev–Trinajstić information content (AvgIpc) is 2.77. The SMILES string of the molecule is Cc1cc(CN[C@@H](C)Cn2ccnc2C)cnc1C. The maximum absolute atomic E-state index is 4.39. The summed E-state index contributed by atoms with van der Waals surface area (Å²) < 4.78 is 2.16. The van der Waals surface area contributed by atoms with E-state index in [1.54, 1.807) is 0 Å². The van der Waals surface area contributed by atoms with Gasteiger partial charge in [-0.25, -0.2) is 4.98 Å². The van der Waals surface area contributed by atoms with Crippen LogP contribution in [0.2, 0.25) is 0 Å². The van der Waals surface area contributed by atoms with Gasteiger partial charge in [0.2, 0.25) is 0 Å². The van der Waals surface area contributed by atoms with Crippen LogP contribution >= 0.6 is 0 Å². The van der Waals surface area contributed by atoms with E-state index < -0.39 is 0 Å². The predicted molar refractivity (Wildman–Crippen MR) is 77.0 cm³/mol. The summed E-state index contributed by atoms with van der Waals surface area (Å²) in [7, 11) is 0. The van der Waals surface area contributed by atoms with E-state index in [0.717, 1.165) is 24.6 Å². The summed E-state index contributed by atoms with van der Waals surface area (Å²) in [6.45, 7) is 10.1. The van der Waals surface area contributed by atoms with Crippen molar-refractivity contribution in [3.8, 4) is 0 Å². The molecule has 2 aromatic heterocycles. The standard InChI is InChI=1S/C15H22N4/c1-11-7-15(9-18-13(11)3)8-17-12(2)10-19-6-5-16-14(19)4/h5-7,9,12,17H,8,10H2,1-4H3/t12-/m0/s1. The van der Waals surface area contributed by atoms with Gasteiger partial charge < -0.3 is 9.88 Å². The number of aromatic nitrogens is 3. The molecule has 0 aliphatic heterocycles. The summed E-state index contributed by atoms with van der Waals surface area (Å²) >= 11 is 0. The summed E-state index contributed by atoms with van der Waals surface area (Å²) in [6.07, 6.45) is 5.81. The van der Waals surface area contributed by atoms with Crippen molar-refractivity contribution in [3.05, 3.63) is 47.3 Å². The van der Waals surface area contributed by atoms with Crippen LogP contribution < -0.4 is 5.32 Å². The lowest BCUT2D eigenvalue weighted by Crippen LogP contribution is -2.30. The van der Waals surface area contributed by atoms with Crippen molar-refractivity contribution in [2.24, 2.45) is 0 Å². The first kappa shape index (κ1) is 13.7. The molecule has 1 N–H and O–H groups in total. The second kappa shape index (κ2) is 5.97. The molecule has 0 fully saturated rings. The Morgan fingerprint density at radius 1 is 1.26 bits per heavy atom. The minimum atomic E-state index is 0.398. The molecular formula is C15H22N4. The zero-order valence-corrected chi connectivity index (χ0v) is 12.1. The Bertz CT molecular complexity index is 545. The lowest BCUT2D eigenvalue weighted by atomic mass is 10.1. The molecule has 0 unspecified atom stereocenters. The predicted octanol–water partition coefficient (Wildman–Crippen LogP) is 2.38. The Balaban J connectivity index is 1.88. The average molecular weight is 258 g/mol. The Labute approximate surface area is 114 Å². The molecule has 4 heteroatoms. The fourth-order valence-electron chi connectivity index (χ4n) is 2.05. The van der Waals surface area contributed by atoms with Gasteiger partial charge in [0.05, 0.1) is 0 Å². The first-order chi connectivity index (χ1) is 9.06. The largest absolute Gasteiger partial charge is 0.334 e. The molecule has 0 spiro atoms. The molecule has 2 heterocycles. The number of pyridine rings is 1. The molecule has 102 valence electrons. The van der Waals surface area contributed by atoms with E-state index in [4.69, 9.17) is 0 Å². The smallest absolute Gasteiger partial charge is 0.105 e. The number of nitrogens with one attached hydrogen (secondary N) is 1. The normalized spacial score (nSPS) is 12.6. The number of nitrogens with zero attached hydrogens (tertiary/aromatic N) is 3. The van der Waals surface area contributed by atoms with Gasteiger partial charge in [-0.05, 0) is 38.8 Å². The molecule has 19 heavy (non-hydrogen) atoms. The summed E-state index contributed by atoms with van der Waals surface area (Å²) in [5.74, 6) is 1.06. The van der Waals surface area contributed by atoms with Gasteiger partial charge in [0.25, 0.3) is 0 Å². The highest BCUT2D eigenvalue weighted by atomic mass is 15.1. The lowest BCUT2D eigenvalue weighted by Gasteiger charge is -2.15. The highest BCUT2D eigenvalue weighted by Gasteiger charge is 2.05. The van der Waals surface area contributed by atoms with Crippen molar-refractivity contribution in [3.63, 3.8) is 0 Å². The molecular weight excluding hydrogens is 236 g/mol. The van der Waals surface area contributed by atoms with Crippen LogP contribution in [0.4, 0.5) is 0 Å². The summed E-state index contributed by atoms with van der Waals surface area (Å²) in [4.78, 5) is 8.63. The van der Waals surface area contributed by atoms with Crippen LogP contribution in [-0.2, 0) is 13.1 Å². The third-order valence-corrected chi connectivity index (χ3v) is 3.45. The highest BCUT2D eigenvalue weighted by Crippen LogP contribution is 2.06. The molecule has 0 saturated carbocycles. The Kier molecular flexibility index (Phi) is 4.32. The van der Waals surface area contributed by atoms with Gasteiger partial charge in [-0.2, -0.15) is 0 Å². The lowest BCUT2D eigenvalue weighted by molar-refractivity contribution is 0.470. The van der Waals surface area contributed by atoms with Gasteiger partial charge in [0.1, 0.15) is 5.82 Å². The van der Waals surface area contributed by atoms with Crippen LogP contribution in [-0.4, -0.2) is 20.6 Å². The van der Waals surface area contributed by atoms with E-state index >= 15 is 0 Å². The van der Waals surface area contributed by atoms with Gasteiger partial charge in [0.15, 0.2) is 0 Å². The molecule has 2 rings (SSSR count). The summed E-state index contributed by atoms with van der Waals surface area (Å²) in [5.41, 5.74) is 3.58. The Morgan fingerprint density at radius 3 is 2.68 bits per heavy atom. The van der Waals surface area contributed by atoms with Crippen molar-refractivity contribution in [2.45, 2.75) is 46.8 Å². The third kappa shape index (κ3) is 3.64. The zero-order valence-electron chi connectivity index (χ0n) is 12.1. The van der Waals surface area contributed by atoms with Crippen molar-refractivity contribution in [2.75, 3.05) is 0 Å². The molecule has 0 aliphatic rings.